The minimum atomic E-state index is -0.256. The first kappa shape index (κ1) is 40.3. The molecule has 0 aliphatic carbocycles. The van der Waals surface area contributed by atoms with Crippen LogP contribution in [0.25, 0.3) is 79.5 Å². The van der Waals surface area contributed by atoms with Crippen LogP contribution < -0.4 is 10.9 Å². The van der Waals surface area contributed by atoms with Gasteiger partial charge >= 0.3 is 0 Å². The highest BCUT2D eigenvalue weighted by Gasteiger charge is 2.24. The number of nitrogens with one attached hydrogen (secondary N) is 5. The summed E-state index contributed by atoms with van der Waals surface area (Å²) in [6, 6.07) is 37.8. The summed E-state index contributed by atoms with van der Waals surface area (Å²) in [6.45, 7) is 16.9. The Bertz CT molecular complexity index is 3250. The molecule has 12 heteroatoms. The maximum absolute atomic E-state index is 5.10. The predicted molar refractivity (Wildman–Crippen MR) is 254 cm³/mol. The van der Waals surface area contributed by atoms with Gasteiger partial charge in [0.2, 0.25) is 0 Å². The Balaban J connectivity index is 0.866. The van der Waals surface area contributed by atoms with Gasteiger partial charge in [0.05, 0.1) is 0 Å². The van der Waals surface area contributed by atoms with Gasteiger partial charge < -0.3 is 5.43 Å². The molecule has 64 heavy (non-hydrogen) atoms. The summed E-state index contributed by atoms with van der Waals surface area (Å²) >= 11 is 0. The Kier molecular flexibility index (Phi) is 10.1. The highest BCUT2D eigenvalue weighted by Crippen LogP contribution is 2.36. The summed E-state index contributed by atoms with van der Waals surface area (Å²) in [6.07, 6.45) is -0.256. The number of hydrazine groups is 1. The standard InChI is InChI=1S/C52H48N12/c1-27-18-19-28(2)41(20-27)49-53-45(57-61-49)35-14-10-15-36(25-35)46-54-50(62-58-46)42-24-31(5)40(23-32(42)6)39-21-33(7)44(34(8)22-39)52-56-48(60-64-52)38-17-11-16-37(26-38)47-55-51(63-59-47)43-29(3)12-9-13-30(43)4/h9-26,50,62H,1-8H3,(H,54,58)(H,53,57,61)(H,55,59,63)(H,56,60,64). The lowest BCUT2D eigenvalue weighted by Gasteiger charge is -2.17. The van der Waals surface area contributed by atoms with Crippen LogP contribution in [-0.2, 0) is 0 Å². The molecule has 12 nitrogen and oxygen atoms in total. The van der Waals surface area contributed by atoms with E-state index in [0.717, 1.165) is 107 Å². The quantitative estimate of drug-likeness (QED) is 0.0960. The highest BCUT2D eigenvalue weighted by molar-refractivity contribution is 6.00. The average molecular weight is 841 g/mol. The first-order valence-corrected chi connectivity index (χ1v) is 21.4. The van der Waals surface area contributed by atoms with Crippen molar-refractivity contribution in [3.05, 3.63) is 165 Å². The molecular weight excluding hydrogens is 793 g/mol. The van der Waals surface area contributed by atoms with Gasteiger partial charge in [0.25, 0.3) is 0 Å². The first-order chi connectivity index (χ1) is 31.0. The van der Waals surface area contributed by atoms with E-state index in [9.17, 15) is 0 Å². The van der Waals surface area contributed by atoms with E-state index in [0.29, 0.717) is 17.5 Å². The average Bonchev–Trinajstić information content (AvgIpc) is 4.14. The normalized spacial score (nSPS) is 13.6. The van der Waals surface area contributed by atoms with Crippen LogP contribution in [0.4, 0.5) is 0 Å². The monoisotopic (exact) mass is 840 g/mol. The second kappa shape index (κ2) is 16.1. The lowest BCUT2D eigenvalue weighted by Crippen LogP contribution is -2.32. The second-order valence-corrected chi connectivity index (χ2v) is 16.9. The Morgan fingerprint density at radius 2 is 0.938 bits per heavy atom. The number of H-pyrrole nitrogens is 3. The molecule has 3 aromatic heterocycles. The summed E-state index contributed by atoms with van der Waals surface area (Å²) in [7, 11) is 0. The van der Waals surface area contributed by atoms with Crippen LogP contribution in [-0.4, -0.2) is 51.4 Å². The molecule has 1 aliphatic heterocycles. The van der Waals surface area contributed by atoms with Gasteiger partial charge in [-0.2, -0.15) is 15.3 Å². The largest absolute Gasteiger partial charge is 0.303 e. The molecule has 0 saturated carbocycles. The van der Waals surface area contributed by atoms with Crippen molar-refractivity contribution in [3.63, 3.8) is 0 Å². The van der Waals surface area contributed by atoms with Crippen molar-refractivity contribution in [1.29, 1.82) is 0 Å². The number of aromatic amines is 3. The predicted octanol–water partition coefficient (Wildman–Crippen LogP) is 10.7. The van der Waals surface area contributed by atoms with Gasteiger partial charge in [-0.3, -0.25) is 15.3 Å². The summed E-state index contributed by atoms with van der Waals surface area (Å²) < 4.78 is 0. The molecule has 1 aliphatic rings. The molecule has 10 rings (SSSR count). The van der Waals surface area contributed by atoms with Gasteiger partial charge in [-0.25, -0.2) is 25.4 Å². The molecule has 1 unspecified atom stereocenters. The summed E-state index contributed by atoms with van der Waals surface area (Å²) in [5, 5.41) is 23.3. The summed E-state index contributed by atoms with van der Waals surface area (Å²) in [4.78, 5) is 19.8. The highest BCUT2D eigenvalue weighted by atomic mass is 15.5. The van der Waals surface area contributed by atoms with E-state index >= 15 is 0 Å². The maximum atomic E-state index is 5.10. The summed E-state index contributed by atoms with van der Waals surface area (Å²) in [5.74, 6) is 4.87. The third-order valence-corrected chi connectivity index (χ3v) is 12.2. The molecule has 316 valence electrons. The molecule has 5 N–H and O–H groups in total. The van der Waals surface area contributed by atoms with Gasteiger partial charge in [-0.05, 0) is 129 Å². The zero-order valence-electron chi connectivity index (χ0n) is 37.1. The van der Waals surface area contributed by atoms with Gasteiger partial charge in [0.15, 0.2) is 34.9 Å². The first-order valence-electron chi connectivity index (χ1n) is 21.4. The lowest BCUT2D eigenvalue weighted by atomic mass is 9.90. The summed E-state index contributed by atoms with van der Waals surface area (Å²) in [5.41, 5.74) is 26.1. The fourth-order valence-corrected chi connectivity index (χ4v) is 8.86. The van der Waals surface area contributed by atoms with Gasteiger partial charge in [-0.1, -0.05) is 96.6 Å². The topological polar surface area (TPSA) is 161 Å². The molecule has 1 atom stereocenters. The third kappa shape index (κ3) is 7.47. The van der Waals surface area contributed by atoms with Crippen molar-refractivity contribution in [2.24, 2.45) is 4.99 Å². The Labute approximate surface area is 371 Å². The Morgan fingerprint density at radius 1 is 0.406 bits per heavy atom. The van der Waals surface area contributed by atoms with E-state index in [4.69, 9.17) is 19.9 Å². The van der Waals surface area contributed by atoms with Crippen LogP contribution in [0, 0.1) is 55.4 Å². The molecule has 0 radical (unpaired) electrons. The molecule has 4 heterocycles. The van der Waals surface area contributed by atoms with Crippen molar-refractivity contribution < 1.29 is 0 Å². The number of rotatable bonds is 9. The number of benzene rings is 6. The maximum Gasteiger partial charge on any atom is 0.181 e. The van der Waals surface area contributed by atoms with Crippen LogP contribution in [0.15, 0.2) is 114 Å². The fraction of sp³-hybridized carbons (Fsp3) is 0.173. The van der Waals surface area contributed by atoms with Crippen molar-refractivity contribution in [2.45, 2.75) is 61.6 Å². The molecule has 0 fully saturated rings. The molecule has 0 saturated heterocycles. The van der Waals surface area contributed by atoms with Gasteiger partial charge in [0.1, 0.15) is 12.0 Å². The number of nitrogens with zero attached hydrogens (tertiary/aromatic N) is 7. The van der Waals surface area contributed by atoms with Crippen LogP contribution >= 0.6 is 0 Å². The SMILES string of the molecule is Cc1ccc(C)c(-c2nc(-c3cccc(C4=NC(c5cc(C)c(-c6cc(C)c(-c7nc(-c8cccc(-c9n[nH]c(-c%10c(C)cccc%10C)n9)c8)n[nH]7)c(C)c6)cc5C)NN4)c3)n[nH]2)c1. The van der Waals surface area contributed by atoms with Crippen LogP contribution in [0.1, 0.15) is 61.8 Å². The van der Waals surface area contributed by atoms with Gasteiger partial charge in [0, 0.05) is 38.9 Å². The van der Waals surface area contributed by atoms with Gasteiger partial charge in [-0.15, -0.1) is 0 Å². The zero-order valence-corrected chi connectivity index (χ0v) is 37.1. The number of hydrogen-bond donors (Lipinski definition) is 5. The molecule has 0 bridgehead atoms. The van der Waals surface area contributed by atoms with Crippen LogP contribution in [0.3, 0.4) is 0 Å². The second-order valence-electron chi connectivity index (χ2n) is 16.9. The van der Waals surface area contributed by atoms with E-state index in [2.05, 4.69) is 164 Å². The Hall–Kier alpha value is -7.83. The van der Waals surface area contributed by atoms with Crippen LogP contribution in [0.5, 0.6) is 0 Å². The Morgan fingerprint density at radius 3 is 1.56 bits per heavy atom. The number of aliphatic imine (C=N–C) groups is 1. The van der Waals surface area contributed by atoms with Crippen molar-refractivity contribution >= 4 is 5.84 Å². The lowest BCUT2D eigenvalue weighted by molar-refractivity contribution is 0.572. The number of aromatic nitrogens is 9. The fourth-order valence-electron chi connectivity index (χ4n) is 8.86. The number of aryl methyl sites for hydroxylation is 8. The molecular formula is C52H48N12. The van der Waals surface area contributed by atoms with E-state index in [1.54, 1.807) is 0 Å². The zero-order chi connectivity index (χ0) is 44.2. The molecule has 9 aromatic rings. The minimum absolute atomic E-state index is 0.256. The van der Waals surface area contributed by atoms with E-state index < -0.39 is 0 Å². The van der Waals surface area contributed by atoms with E-state index in [-0.39, 0.29) is 6.17 Å². The molecule has 0 spiro atoms. The van der Waals surface area contributed by atoms with E-state index in [1.165, 1.54) is 16.7 Å². The van der Waals surface area contributed by atoms with Crippen molar-refractivity contribution in [3.8, 4) is 79.5 Å². The number of amidine groups is 1. The third-order valence-electron chi connectivity index (χ3n) is 12.2. The molecule has 0 amide bonds. The minimum Gasteiger partial charge on any atom is -0.303 e. The van der Waals surface area contributed by atoms with Crippen LogP contribution in [0.2, 0.25) is 0 Å². The smallest absolute Gasteiger partial charge is 0.181 e. The number of hydrogen-bond acceptors (Lipinski definition) is 9. The van der Waals surface area contributed by atoms with Crippen molar-refractivity contribution in [2.75, 3.05) is 0 Å². The van der Waals surface area contributed by atoms with E-state index in [1.807, 2.05) is 42.5 Å². The molecule has 6 aromatic carbocycles. The van der Waals surface area contributed by atoms with Crippen molar-refractivity contribution in [1.82, 2.24) is 56.4 Å².